The third kappa shape index (κ3) is 4.40. The summed E-state index contributed by atoms with van der Waals surface area (Å²) in [5, 5.41) is 0. The Bertz CT molecular complexity index is 513. The molecule has 1 aliphatic rings. The maximum Gasteiger partial charge on any atom is 0.308 e. The van der Waals surface area contributed by atoms with Gasteiger partial charge in [-0.25, -0.2) is 0 Å². The molecular formula is C17H26N2O2S. The fourth-order valence-electron chi connectivity index (χ4n) is 3.04. The van der Waals surface area contributed by atoms with Crippen LogP contribution in [0.4, 0.5) is 5.69 Å². The smallest absolute Gasteiger partial charge is 0.308 e. The minimum atomic E-state index is -0.0573. The molecule has 1 aromatic rings. The Balaban J connectivity index is 1.84. The zero-order valence-corrected chi connectivity index (χ0v) is 14.3. The molecule has 0 aliphatic carbocycles. The van der Waals surface area contributed by atoms with Gasteiger partial charge in [0.15, 0.2) is 0 Å². The number of anilines is 1. The average Bonchev–Trinajstić information content (AvgIpc) is 2.51. The van der Waals surface area contributed by atoms with Crippen LogP contribution in [0.2, 0.25) is 0 Å². The van der Waals surface area contributed by atoms with Gasteiger partial charge in [0.2, 0.25) is 0 Å². The van der Waals surface area contributed by atoms with E-state index >= 15 is 0 Å². The second-order valence-corrected chi connectivity index (χ2v) is 6.53. The largest absolute Gasteiger partial charge is 0.466 e. The van der Waals surface area contributed by atoms with Crippen LogP contribution < -0.4 is 5.73 Å². The van der Waals surface area contributed by atoms with E-state index in [2.05, 4.69) is 23.6 Å². The van der Waals surface area contributed by atoms with E-state index in [0.717, 1.165) is 43.1 Å². The van der Waals surface area contributed by atoms with Gasteiger partial charge in [0.25, 0.3) is 0 Å². The van der Waals surface area contributed by atoms with Crippen LogP contribution in [0.5, 0.6) is 0 Å². The molecule has 1 fully saturated rings. The van der Waals surface area contributed by atoms with Crippen LogP contribution in [0.1, 0.15) is 32.3 Å². The van der Waals surface area contributed by atoms with Crippen molar-refractivity contribution in [3.63, 3.8) is 0 Å². The van der Waals surface area contributed by atoms with Gasteiger partial charge in [-0.1, -0.05) is 13.0 Å². The standard InChI is InChI=1S/C17H26N2O2S/c1-3-21-17(20)12(2)14-6-8-19(9-7-14)11-13-4-5-16(22)15(18)10-13/h4-5,10,12,14,22H,3,6-9,11,18H2,1-2H3. The number of nitrogens with two attached hydrogens (primary N) is 1. The Labute approximate surface area is 138 Å². The molecule has 1 aromatic carbocycles. The van der Waals surface area contributed by atoms with Crippen molar-refractivity contribution in [2.45, 2.75) is 38.1 Å². The number of rotatable bonds is 5. The SMILES string of the molecule is CCOC(=O)C(C)C1CCN(Cc2ccc(S)c(N)c2)CC1. The highest BCUT2D eigenvalue weighted by atomic mass is 32.1. The lowest BCUT2D eigenvalue weighted by Crippen LogP contribution is -2.37. The summed E-state index contributed by atoms with van der Waals surface area (Å²) in [6, 6.07) is 6.02. The van der Waals surface area contributed by atoms with Crippen molar-refractivity contribution < 1.29 is 9.53 Å². The first kappa shape index (κ1) is 17.2. The Morgan fingerprint density at radius 1 is 1.45 bits per heavy atom. The van der Waals surface area contributed by atoms with E-state index in [9.17, 15) is 4.79 Å². The maximum absolute atomic E-state index is 11.8. The van der Waals surface area contributed by atoms with Gasteiger partial charge < -0.3 is 10.5 Å². The molecule has 0 amide bonds. The van der Waals surface area contributed by atoms with E-state index in [-0.39, 0.29) is 11.9 Å². The van der Waals surface area contributed by atoms with E-state index < -0.39 is 0 Å². The van der Waals surface area contributed by atoms with Crippen molar-refractivity contribution in [1.82, 2.24) is 4.90 Å². The van der Waals surface area contributed by atoms with Crippen LogP contribution in [0.3, 0.4) is 0 Å². The average molecular weight is 322 g/mol. The Kier molecular flexibility index (Phi) is 6.15. The van der Waals surface area contributed by atoms with Gasteiger partial charge in [-0.3, -0.25) is 9.69 Å². The Morgan fingerprint density at radius 3 is 2.73 bits per heavy atom. The lowest BCUT2D eigenvalue weighted by Gasteiger charge is -2.34. The first-order valence-corrected chi connectivity index (χ1v) is 8.42. The topological polar surface area (TPSA) is 55.6 Å². The van der Waals surface area contributed by atoms with Crippen LogP contribution >= 0.6 is 12.6 Å². The predicted molar refractivity (Wildman–Crippen MR) is 91.9 cm³/mol. The summed E-state index contributed by atoms with van der Waals surface area (Å²) in [6.45, 7) is 7.23. The molecule has 0 saturated carbocycles. The quantitative estimate of drug-likeness (QED) is 0.497. The molecule has 1 aliphatic heterocycles. The van der Waals surface area contributed by atoms with Gasteiger partial charge in [0.05, 0.1) is 12.5 Å². The monoisotopic (exact) mass is 322 g/mol. The molecule has 5 heteroatoms. The first-order valence-electron chi connectivity index (χ1n) is 7.97. The van der Waals surface area contributed by atoms with Gasteiger partial charge in [-0.15, -0.1) is 12.6 Å². The lowest BCUT2D eigenvalue weighted by atomic mass is 9.85. The molecule has 122 valence electrons. The molecule has 2 rings (SSSR count). The maximum atomic E-state index is 11.8. The fourth-order valence-corrected chi connectivity index (χ4v) is 3.18. The van der Waals surface area contributed by atoms with Gasteiger partial charge in [0, 0.05) is 17.1 Å². The highest BCUT2D eigenvalue weighted by Gasteiger charge is 2.28. The summed E-state index contributed by atoms with van der Waals surface area (Å²) in [5.41, 5.74) is 7.85. The zero-order valence-electron chi connectivity index (χ0n) is 13.4. The number of carbonyl (C=O) groups is 1. The van der Waals surface area contributed by atoms with Crippen molar-refractivity contribution in [1.29, 1.82) is 0 Å². The number of hydrogen-bond acceptors (Lipinski definition) is 5. The highest BCUT2D eigenvalue weighted by molar-refractivity contribution is 7.80. The summed E-state index contributed by atoms with van der Waals surface area (Å²) in [4.78, 5) is 15.1. The number of likely N-dealkylation sites (tertiary alicyclic amines) is 1. The highest BCUT2D eigenvalue weighted by Crippen LogP contribution is 2.27. The van der Waals surface area contributed by atoms with Crippen molar-refractivity contribution in [3.05, 3.63) is 23.8 Å². The summed E-state index contributed by atoms with van der Waals surface area (Å²) >= 11 is 4.30. The number of thiol groups is 1. The van der Waals surface area contributed by atoms with Crippen molar-refractivity contribution in [2.75, 3.05) is 25.4 Å². The molecular weight excluding hydrogens is 296 g/mol. The second-order valence-electron chi connectivity index (χ2n) is 6.05. The molecule has 0 bridgehead atoms. The van der Waals surface area contributed by atoms with Gasteiger partial charge in [0.1, 0.15) is 0 Å². The summed E-state index contributed by atoms with van der Waals surface area (Å²) < 4.78 is 5.13. The first-order chi connectivity index (χ1) is 10.5. The third-order valence-electron chi connectivity index (χ3n) is 4.50. The Morgan fingerprint density at radius 2 is 2.14 bits per heavy atom. The van der Waals surface area contributed by atoms with Crippen molar-refractivity contribution >= 4 is 24.3 Å². The van der Waals surface area contributed by atoms with Crippen LogP contribution in [-0.4, -0.2) is 30.6 Å². The number of benzene rings is 1. The summed E-state index contributed by atoms with van der Waals surface area (Å²) in [5.74, 6) is 0.375. The minimum absolute atomic E-state index is 0.00112. The lowest BCUT2D eigenvalue weighted by molar-refractivity contribution is -0.149. The van der Waals surface area contributed by atoms with E-state index in [1.165, 1.54) is 5.56 Å². The minimum Gasteiger partial charge on any atom is -0.466 e. The van der Waals surface area contributed by atoms with E-state index in [0.29, 0.717) is 12.5 Å². The van der Waals surface area contributed by atoms with Gasteiger partial charge in [-0.2, -0.15) is 0 Å². The van der Waals surface area contributed by atoms with E-state index in [4.69, 9.17) is 10.5 Å². The normalized spacial score (nSPS) is 18.1. The molecule has 2 N–H and O–H groups in total. The summed E-state index contributed by atoms with van der Waals surface area (Å²) in [7, 11) is 0. The molecule has 0 spiro atoms. The van der Waals surface area contributed by atoms with Crippen LogP contribution in [0.25, 0.3) is 0 Å². The predicted octanol–water partition coefficient (Wildman–Crippen LogP) is 2.97. The molecule has 1 heterocycles. The number of carbonyl (C=O) groups excluding carboxylic acids is 1. The molecule has 1 saturated heterocycles. The molecule has 1 unspecified atom stereocenters. The molecule has 1 atom stereocenters. The third-order valence-corrected chi connectivity index (χ3v) is 4.90. The van der Waals surface area contributed by atoms with Gasteiger partial charge >= 0.3 is 5.97 Å². The van der Waals surface area contributed by atoms with Crippen LogP contribution in [-0.2, 0) is 16.1 Å². The zero-order chi connectivity index (χ0) is 16.1. The van der Waals surface area contributed by atoms with E-state index in [1.807, 2.05) is 26.0 Å². The second kappa shape index (κ2) is 7.88. The van der Waals surface area contributed by atoms with Crippen LogP contribution in [0, 0.1) is 11.8 Å². The molecule has 0 radical (unpaired) electrons. The number of piperidine rings is 1. The van der Waals surface area contributed by atoms with Crippen molar-refractivity contribution in [2.24, 2.45) is 11.8 Å². The summed E-state index contributed by atoms with van der Waals surface area (Å²) in [6.07, 6.45) is 2.08. The number of ether oxygens (including phenoxy) is 1. The Hall–Kier alpha value is -1.20. The van der Waals surface area contributed by atoms with E-state index in [1.54, 1.807) is 0 Å². The van der Waals surface area contributed by atoms with Gasteiger partial charge in [-0.05, 0) is 56.5 Å². The number of nitrogens with zero attached hydrogens (tertiary/aromatic N) is 1. The molecule has 22 heavy (non-hydrogen) atoms. The molecule has 4 nitrogen and oxygen atoms in total. The number of hydrogen-bond donors (Lipinski definition) is 2. The number of nitrogen functional groups attached to an aromatic ring is 1. The molecule has 0 aromatic heterocycles. The van der Waals surface area contributed by atoms with Crippen LogP contribution in [0.15, 0.2) is 23.1 Å². The van der Waals surface area contributed by atoms with Crippen molar-refractivity contribution in [3.8, 4) is 0 Å². The number of esters is 1. The fraction of sp³-hybridized carbons (Fsp3) is 0.588.